The summed E-state index contributed by atoms with van der Waals surface area (Å²) in [5, 5.41) is 1.05. The first kappa shape index (κ1) is 11.2. The summed E-state index contributed by atoms with van der Waals surface area (Å²) in [7, 11) is 0. The van der Waals surface area contributed by atoms with Gasteiger partial charge in [0.05, 0.1) is 12.1 Å². The Labute approximate surface area is 99.4 Å². The van der Waals surface area contributed by atoms with Crippen molar-refractivity contribution in [1.29, 1.82) is 0 Å². The van der Waals surface area contributed by atoms with E-state index < -0.39 is 5.97 Å². The second-order valence-electron chi connectivity index (χ2n) is 3.36. The van der Waals surface area contributed by atoms with Crippen LogP contribution in [-0.2, 0) is 9.53 Å². The van der Waals surface area contributed by atoms with Crippen molar-refractivity contribution in [2.45, 2.75) is 6.92 Å². The molecule has 0 aliphatic heterocycles. The molecule has 0 fully saturated rings. The van der Waals surface area contributed by atoms with E-state index in [0.717, 1.165) is 10.9 Å². The van der Waals surface area contributed by atoms with Crippen LogP contribution in [-0.4, -0.2) is 17.6 Å². The number of ether oxygens (including phenoxy) is 1. The van der Waals surface area contributed by atoms with Crippen molar-refractivity contribution in [2.75, 3.05) is 6.61 Å². The van der Waals surface area contributed by atoms with Gasteiger partial charge in [-0.3, -0.25) is 0 Å². The number of aromatic nitrogens is 1. The summed E-state index contributed by atoms with van der Waals surface area (Å²) in [5.41, 5.74) is 1.43. The van der Waals surface area contributed by atoms with Crippen LogP contribution in [0.1, 0.15) is 12.6 Å². The van der Waals surface area contributed by atoms with Crippen molar-refractivity contribution >= 4 is 16.9 Å². The lowest BCUT2D eigenvalue weighted by Crippen LogP contribution is -1.99. The highest BCUT2D eigenvalue weighted by Crippen LogP contribution is 2.10. The Hall–Kier alpha value is -2.34. The lowest BCUT2D eigenvalue weighted by molar-refractivity contribution is -0.136. The minimum Gasteiger partial charge on any atom is -0.456 e. The highest BCUT2D eigenvalue weighted by molar-refractivity contribution is 5.89. The number of nitrogens with zero attached hydrogens (tertiary/aromatic N) is 1. The topological polar surface area (TPSA) is 39.2 Å². The van der Waals surface area contributed by atoms with Gasteiger partial charge in [-0.1, -0.05) is 24.3 Å². The Bertz CT molecular complexity index is 608. The van der Waals surface area contributed by atoms with E-state index in [1.165, 1.54) is 0 Å². The maximum atomic E-state index is 11.1. The molecular weight excluding hydrogens is 214 g/mol. The second kappa shape index (κ2) is 5.13. The smallest absolute Gasteiger partial charge is 0.384 e. The molecule has 0 saturated carbocycles. The van der Waals surface area contributed by atoms with E-state index in [2.05, 4.69) is 16.8 Å². The summed E-state index contributed by atoms with van der Waals surface area (Å²) in [5.74, 6) is 4.55. The fourth-order valence-electron chi connectivity index (χ4n) is 1.42. The Morgan fingerprint density at radius 2 is 2.12 bits per heavy atom. The van der Waals surface area contributed by atoms with Crippen LogP contribution in [0.4, 0.5) is 0 Å². The van der Waals surface area contributed by atoms with Crippen molar-refractivity contribution in [2.24, 2.45) is 0 Å². The van der Waals surface area contributed by atoms with Crippen molar-refractivity contribution in [3.63, 3.8) is 0 Å². The van der Waals surface area contributed by atoms with Crippen LogP contribution in [0.5, 0.6) is 0 Å². The Balaban J connectivity index is 2.28. The molecule has 0 saturated heterocycles. The molecule has 17 heavy (non-hydrogen) atoms. The lowest BCUT2D eigenvalue weighted by atomic mass is 10.2. The average molecular weight is 225 g/mol. The summed E-state index contributed by atoms with van der Waals surface area (Å²) >= 11 is 0. The first-order valence-corrected chi connectivity index (χ1v) is 5.34. The van der Waals surface area contributed by atoms with Gasteiger partial charge in [-0.15, -0.1) is 0 Å². The number of carbonyl (C=O) groups excluding carboxylic acids is 1. The van der Waals surface area contributed by atoms with E-state index >= 15 is 0 Å². The molecule has 0 aliphatic carbocycles. The SMILES string of the molecule is CCOC(=O)C#Cc1ccc2ccccc2n1. The number of fused-ring (bicyclic) bond motifs is 1. The van der Waals surface area contributed by atoms with E-state index in [0.29, 0.717) is 12.3 Å². The van der Waals surface area contributed by atoms with Crippen molar-refractivity contribution in [3.05, 3.63) is 42.1 Å². The molecule has 0 radical (unpaired) electrons. The molecule has 0 atom stereocenters. The number of esters is 1. The van der Waals surface area contributed by atoms with Crippen LogP contribution >= 0.6 is 0 Å². The molecule has 0 amide bonds. The second-order valence-corrected chi connectivity index (χ2v) is 3.36. The molecule has 0 bridgehead atoms. The normalized spacial score (nSPS) is 9.47. The number of para-hydroxylation sites is 1. The van der Waals surface area contributed by atoms with Gasteiger partial charge in [0, 0.05) is 11.3 Å². The maximum absolute atomic E-state index is 11.1. The largest absolute Gasteiger partial charge is 0.456 e. The highest BCUT2D eigenvalue weighted by atomic mass is 16.5. The van der Waals surface area contributed by atoms with Crippen LogP contribution in [0, 0.1) is 11.8 Å². The molecule has 1 aromatic heterocycles. The first-order chi connectivity index (χ1) is 8.29. The third kappa shape index (κ3) is 2.82. The molecule has 0 spiro atoms. The molecule has 0 N–H and O–H groups in total. The van der Waals surface area contributed by atoms with E-state index in [1.807, 2.05) is 30.3 Å². The Kier molecular flexibility index (Phi) is 3.37. The standard InChI is InChI=1S/C14H11NO2/c1-2-17-14(16)10-9-12-8-7-11-5-3-4-6-13(11)15-12/h3-8H,2H2,1H3. The van der Waals surface area contributed by atoms with Crippen molar-refractivity contribution in [3.8, 4) is 11.8 Å². The van der Waals surface area contributed by atoms with Crippen molar-refractivity contribution < 1.29 is 9.53 Å². The van der Waals surface area contributed by atoms with Crippen LogP contribution < -0.4 is 0 Å². The first-order valence-electron chi connectivity index (χ1n) is 5.34. The van der Waals surface area contributed by atoms with Crippen LogP contribution in [0.15, 0.2) is 36.4 Å². The minimum absolute atomic E-state index is 0.332. The van der Waals surface area contributed by atoms with Crippen LogP contribution in [0.25, 0.3) is 10.9 Å². The summed E-state index contributed by atoms with van der Waals surface area (Å²) < 4.78 is 4.71. The van der Waals surface area contributed by atoms with Gasteiger partial charge < -0.3 is 4.74 Å². The molecule has 2 rings (SSSR count). The zero-order valence-corrected chi connectivity index (χ0v) is 9.43. The molecule has 0 unspecified atom stereocenters. The molecule has 0 aliphatic rings. The van der Waals surface area contributed by atoms with Crippen molar-refractivity contribution in [1.82, 2.24) is 4.98 Å². The molecule has 1 heterocycles. The quantitative estimate of drug-likeness (QED) is 0.551. The van der Waals surface area contributed by atoms with Gasteiger partial charge in [-0.05, 0) is 25.0 Å². The van der Waals surface area contributed by atoms with Crippen LogP contribution in [0.2, 0.25) is 0 Å². The van der Waals surface area contributed by atoms with Gasteiger partial charge in [0.2, 0.25) is 0 Å². The lowest BCUT2D eigenvalue weighted by Gasteiger charge is -1.96. The summed E-state index contributed by atoms with van der Waals surface area (Å²) in [6.07, 6.45) is 0. The third-order valence-electron chi connectivity index (χ3n) is 2.17. The predicted molar refractivity (Wildman–Crippen MR) is 65.3 cm³/mol. The van der Waals surface area contributed by atoms with Crippen LogP contribution in [0.3, 0.4) is 0 Å². The maximum Gasteiger partial charge on any atom is 0.384 e. The van der Waals surface area contributed by atoms with Gasteiger partial charge >= 0.3 is 5.97 Å². The summed E-state index contributed by atoms with van der Waals surface area (Å²) in [6.45, 7) is 2.08. The molecule has 2 aromatic rings. The van der Waals surface area contributed by atoms with Gasteiger partial charge in [0.15, 0.2) is 0 Å². The number of rotatable bonds is 1. The van der Waals surface area contributed by atoms with Gasteiger partial charge in [-0.25, -0.2) is 9.78 Å². The van der Waals surface area contributed by atoms with E-state index in [1.54, 1.807) is 13.0 Å². The highest BCUT2D eigenvalue weighted by Gasteiger charge is 1.96. The van der Waals surface area contributed by atoms with E-state index in [9.17, 15) is 4.79 Å². The fraction of sp³-hybridized carbons (Fsp3) is 0.143. The molecule has 84 valence electrons. The van der Waals surface area contributed by atoms with Gasteiger partial charge in [-0.2, -0.15) is 0 Å². The number of pyridine rings is 1. The fourth-order valence-corrected chi connectivity index (χ4v) is 1.42. The molecule has 3 nitrogen and oxygen atoms in total. The number of benzene rings is 1. The number of hydrogen-bond acceptors (Lipinski definition) is 3. The Morgan fingerprint density at radius 3 is 2.94 bits per heavy atom. The minimum atomic E-state index is -0.526. The molecular formula is C14H11NO2. The summed E-state index contributed by atoms with van der Waals surface area (Å²) in [4.78, 5) is 15.4. The molecule has 3 heteroatoms. The predicted octanol–water partition coefficient (Wildman–Crippen LogP) is 2.15. The zero-order chi connectivity index (χ0) is 12.1. The third-order valence-corrected chi connectivity index (χ3v) is 2.17. The van der Waals surface area contributed by atoms with E-state index in [4.69, 9.17) is 4.74 Å². The summed E-state index contributed by atoms with van der Waals surface area (Å²) in [6, 6.07) is 11.5. The Morgan fingerprint density at radius 1 is 1.29 bits per heavy atom. The van der Waals surface area contributed by atoms with Gasteiger partial charge in [0.1, 0.15) is 5.69 Å². The van der Waals surface area contributed by atoms with E-state index in [-0.39, 0.29) is 0 Å². The monoisotopic (exact) mass is 225 g/mol. The number of carbonyl (C=O) groups is 1. The van der Waals surface area contributed by atoms with Gasteiger partial charge in [0.25, 0.3) is 0 Å². The zero-order valence-electron chi connectivity index (χ0n) is 9.43. The average Bonchev–Trinajstić information content (AvgIpc) is 2.36. The number of hydrogen-bond donors (Lipinski definition) is 0. The molecule has 1 aromatic carbocycles.